The molecule has 2 aromatic rings. The van der Waals surface area contributed by atoms with Crippen LogP contribution in [-0.2, 0) is 12.4 Å². The highest BCUT2D eigenvalue weighted by molar-refractivity contribution is 6.17. The quantitative estimate of drug-likeness (QED) is 0.755. The molecule has 20 heavy (non-hydrogen) atoms. The third-order valence-corrected chi connectivity index (χ3v) is 3.75. The number of benzene rings is 1. The highest BCUT2D eigenvalue weighted by Crippen LogP contribution is 2.25. The number of pyridine rings is 1. The van der Waals surface area contributed by atoms with Crippen LogP contribution < -0.4 is 4.90 Å². The molecule has 0 aliphatic heterocycles. The van der Waals surface area contributed by atoms with Gasteiger partial charge in [-0.15, -0.1) is 11.6 Å². The maximum absolute atomic E-state index is 6.13. The van der Waals surface area contributed by atoms with Gasteiger partial charge >= 0.3 is 0 Å². The molecule has 0 saturated carbocycles. The van der Waals surface area contributed by atoms with Crippen LogP contribution in [0.15, 0.2) is 36.4 Å². The lowest BCUT2D eigenvalue weighted by atomic mass is 10.1. The molecule has 106 valence electrons. The van der Waals surface area contributed by atoms with Gasteiger partial charge in [-0.2, -0.15) is 0 Å². The topological polar surface area (TPSA) is 16.1 Å². The third kappa shape index (κ3) is 3.31. The molecule has 3 heteroatoms. The van der Waals surface area contributed by atoms with E-state index in [1.165, 1.54) is 11.1 Å². The van der Waals surface area contributed by atoms with Gasteiger partial charge in [0, 0.05) is 24.3 Å². The lowest BCUT2D eigenvalue weighted by Crippen LogP contribution is -2.25. The van der Waals surface area contributed by atoms with Crippen molar-refractivity contribution in [3.8, 4) is 0 Å². The first-order valence-corrected chi connectivity index (χ1v) is 7.51. The zero-order chi connectivity index (χ0) is 14.5. The average molecular weight is 289 g/mol. The van der Waals surface area contributed by atoms with Crippen molar-refractivity contribution < 1.29 is 0 Å². The summed E-state index contributed by atoms with van der Waals surface area (Å²) < 4.78 is 0. The number of nitrogens with zero attached hydrogens (tertiary/aromatic N) is 2. The van der Waals surface area contributed by atoms with Crippen LogP contribution in [0.1, 0.15) is 29.3 Å². The number of aryl methyl sites for hydroxylation is 2. The molecule has 0 aliphatic rings. The Morgan fingerprint density at radius 2 is 1.85 bits per heavy atom. The lowest BCUT2D eigenvalue weighted by molar-refractivity contribution is 0.803. The van der Waals surface area contributed by atoms with Gasteiger partial charge in [-0.1, -0.05) is 30.3 Å². The van der Waals surface area contributed by atoms with Crippen molar-refractivity contribution in [1.82, 2.24) is 4.98 Å². The van der Waals surface area contributed by atoms with Crippen LogP contribution in [-0.4, -0.2) is 11.5 Å². The first-order chi connectivity index (χ1) is 9.65. The van der Waals surface area contributed by atoms with Gasteiger partial charge in [0.25, 0.3) is 0 Å². The number of alkyl halides is 1. The Labute approximate surface area is 126 Å². The van der Waals surface area contributed by atoms with Crippen molar-refractivity contribution in [2.45, 2.75) is 33.2 Å². The minimum Gasteiger partial charge on any atom is -0.352 e. The van der Waals surface area contributed by atoms with E-state index in [9.17, 15) is 0 Å². The van der Waals surface area contributed by atoms with Gasteiger partial charge in [0.15, 0.2) is 0 Å². The Hall–Kier alpha value is -1.54. The SMILES string of the molecule is CCN(Cc1ccccc1)c1nc(C)cc(C)c1CCl. The molecule has 0 amide bonds. The smallest absolute Gasteiger partial charge is 0.133 e. The van der Waals surface area contributed by atoms with Crippen molar-refractivity contribution in [3.05, 3.63) is 58.8 Å². The molecular weight excluding hydrogens is 268 g/mol. The summed E-state index contributed by atoms with van der Waals surface area (Å²) in [4.78, 5) is 7.00. The largest absolute Gasteiger partial charge is 0.352 e. The Morgan fingerprint density at radius 1 is 1.15 bits per heavy atom. The number of rotatable bonds is 5. The Bertz CT molecular complexity index is 567. The van der Waals surface area contributed by atoms with E-state index >= 15 is 0 Å². The van der Waals surface area contributed by atoms with Crippen molar-refractivity contribution in [1.29, 1.82) is 0 Å². The standard InChI is InChI=1S/C17H21ClN2/c1-4-20(12-15-8-6-5-7-9-15)17-16(11-18)13(2)10-14(3)19-17/h5-10H,4,11-12H2,1-3H3. The van der Waals surface area contributed by atoms with Gasteiger partial charge < -0.3 is 4.90 Å². The molecule has 1 aromatic carbocycles. The van der Waals surface area contributed by atoms with Crippen LogP contribution in [0, 0.1) is 13.8 Å². The molecule has 0 spiro atoms. The monoisotopic (exact) mass is 288 g/mol. The minimum atomic E-state index is 0.500. The summed E-state index contributed by atoms with van der Waals surface area (Å²) in [7, 11) is 0. The summed E-state index contributed by atoms with van der Waals surface area (Å²) in [6, 6.07) is 12.6. The predicted octanol–water partition coefficient (Wildman–Crippen LogP) is 4.46. The second kappa shape index (κ2) is 6.76. The molecule has 0 aliphatic carbocycles. The predicted molar refractivity (Wildman–Crippen MR) is 86.4 cm³/mol. The fourth-order valence-corrected chi connectivity index (χ4v) is 2.74. The summed E-state index contributed by atoms with van der Waals surface area (Å²) in [6.45, 7) is 8.06. The van der Waals surface area contributed by atoms with Crippen LogP contribution in [0.4, 0.5) is 5.82 Å². The zero-order valence-corrected chi connectivity index (χ0v) is 13.1. The molecule has 2 nitrogen and oxygen atoms in total. The van der Waals surface area contributed by atoms with Gasteiger partial charge in [-0.05, 0) is 38.0 Å². The molecule has 0 bridgehead atoms. The van der Waals surface area contributed by atoms with Gasteiger partial charge in [0.05, 0.1) is 5.88 Å². The molecule has 0 N–H and O–H groups in total. The van der Waals surface area contributed by atoms with E-state index in [2.05, 4.69) is 49.1 Å². The number of halogens is 1. The van der Waals surface area contributed by atoms with E-state index < -0.39 is 0 Å². The molecule has 0 atom stereocenters. The Balaban J connectivity index is 2.36. The van der Waals surface area contributed by atoms with Crippen molar-refractivity contribution in [2.24, 2.45) is 0 Å². The van der Waals surface area contributed by atoms with Gasteiger partial charge in [-0.3, -0.25) is 0 Å². The normalized spacial score (nSPS) is 10.6. The summed E-state index contributed by atoms with van der Waals surface area (Å²) in [5.74, 6) is 1.52. The summed E-state index contributed by atoms with van der Waals surface area (Å²) >= 11 is 6.13. The molecule has 0 radical (unpaired) electrons. The summed E-state index contributed by atoms with van der Waals surface area (Å²) in [5.41, 5.74) is 4.68. The van der Waals surface area contributed by atoms with Crippen LogP contribution in [0.2, 0.25) is 0 Å². The number of anilines is 1. The summed E-state index contributed by atoms with van der Waals surface area (Å²) in [6.07, 6.45) is 0. The zero-order valence-electron chi connectivity index (χ0n) is 12.4. The average Bonchev–Trinajstić information content (AvgIpc) is 2.45. The molecular formula is C17H21ClN2. The van der Waals surface area contributed by atoms with Crippen LogP contribution in [0.25, 0.3) is 0 Å². The first kappa shape index (κ1) is 14.9. The number of hydrogen-bond acceptors (Lipinski definition) is 2. The van der Waals surface area contributed by atoms with Crippen molar-refractivity contribution in [3.63, 3.8) is 0 Å². The fraction of sp³-hybridized carbons (Fsp3) is 0.353. The van der Waals surface area contributed by atoms with Gasteiger partial charge in [0.2, 0.25) is 0 Å². The van der Waals surface area contributed by atoms with E-state index in [-0.39, 0.29) is 0 Å². The lowest BCUT2D eigenvalue weighted by Gasteiger charge is -2.25. The molecule has 0 saturated heterocycles. The Morgan fingerprint density at radius 3 is 2.45 bits per heavy atom. The number of aromatic nitrogens is 1. The number of hydrogen-bond donors (Lipinski definition) is 0. The van der Waals surface area contributed by atoms with Crippen molar-refractivity contribution >= 4 is 17.4 Å². The van der Waals surface area contributed by atoms with E-state index in [0.29, 0.717) is 5.88 Å². The minimum absolute atomic E-state index is 0.500. The molecule has 2 rings (SSSR count). The maximum Gasteiger partial charge on any atom is 0.133 e. The molecule has 1 aromatic heterocycles. The van der Waals surface area contributed by atoms with Crippen LogP contribution >= 0.6 is 11.6 Å². The van der Waals surface area contributed by atoms with Crippen LogP contribution in [0.3, 0.4) is 0 Å². The van der Waals surface area contributed by atoms with Crippen molar-refractivity contribution in [2.75, 3.05) is 11.4 Å². The summed E-state index contributed by atoms with van der Waals surface area (Å²) in [5, 5.41) is 0. The maximum atomic E-state index is 6.13. The second-order valence-electron chi connectivity index (χ2n) is 5.02. The highest BCUT2D eigenvalue weighted by atomic mass is 35.5. The fourth-order valence-electron chi connectivity index (χ4n) is 2.41. The second-order valence-corrected chi connectivity index (χ2v) is 5.28. The van der Waals surface area contributed by atoms with E-state index in [1.54, 1.807) is 0 Å². The van der Waals surface area contributed by atoms with Gasteiger partial charge in [-0.25, -0.2) is 4.98 Å². The highest BCUT2D eigenvalue weighted by Gasteiger charge is 2.14. The van der Waals surface area contributed by atoms with E-state index in [4.69, 9.17) is 16.6 Å². The van der Waals surface area contributed by atoms with Gasteiger partial charge in [0.1, 0.15) is 5.82 Å². The third-order valence-electron chi connectivity index (χ3n) is 3.48. The molecule has 1 heterocycles. The van der Waals surface area contributed by atoms with E-state index in [0.717, 1.165) is 30.2 Å². The first-order valence-electron chi connectivity index (χ1n) is 6.97. The molecule has 0 unspecified atom stereocenters. The molecule has 0 fully saturated rings. The van der Waals surface area contributed by atoms with E-state index in [1.807, 2.05) is 13.0 Å². The van der Waals surface area contributed by atoms with Crippen LogP contribution in [0.5, 0.6) is 0 Å². The Kier molecular flexibility index (Phi) is 5.02.